The first-order valence-electron chi connectivity index (χ1n) is 6.67. The molecule has 0 bridgehead atoms. The molecule has 0 saturated carbocycles. The Morgan fingerprint density at radius 2 is 2.22 bits per heavy atom. The maximum absolute atomic E-state index is 4.43. The van der Waals surface area contributed by atoms with E-state index in [2.05, 4.69) is 33.9 Å². The molecule has 1 aliphatic rings. The van der Waals surface area contributed by atoms with Crippen molar-refractivity contribution in [3.05, 3.63) is 11.9 Å². The SMILES string of the molecule is CN1CCCC(NCc2cnc(N(C)C)n2C)C1. The van der Waals surface area contributed by atoms with Gasteiger partial charge in [0.15, 0.2) is 0 Å². The number of hydrogen-bond acceptors (Lipinski definition) is 4. The van der Waals surface area contributed by atoms with Gasteiger partial charge in [0.25, 0.3) is 0 Å². The van der Waals surface area contributed by atoms with E-state index in [0.29, 0.717) is 6.04 Å². The van der Waals surface area contributed by atoms with Crippen molar-refractivity contribution in [2.24, 2.45) is 7.05 Å². The summed E-state index contributed by atoms with van der Waals surface area (Å²) in [6.45, 7) is 3.28. The number of likely N-dealkylation sites (N-methyl/N-ethyl adjacent to an activating group) is 1. The van der Waals surface area contributed by atoms with Gasteiger partial charge in [-0.2, -0.15) is 0 Å². The lowest BCUT2D eigenvalue weighted by atomic mass is 10.1. The van der Waals surface area contributed by atoms with E-state index in [1.807, 2.05) is 25.2 Å². The first-order valence-corrected chi connectivity index (χ1v) is 6.67. The highest BCUT2D eigenvalue weighted by molar-refractivity contribution is 5.30. The van der Waals surface area contributed by atoms with Crippen molar-refractivity contribution in [1.82, 2.24) is 19.8 Å². The quantitative estimate of drug-likeness (QED) is 0.853. The number of piperidine rings is 1. The maximum Gasteiger partial charge on any atom is 0.204 e. The van der Waals surface area contributed by atoms with Crippen molar-refractivity contribution < 1.29 is 0 Å². The third-order valence-electron chi connectivity index (χ3n) is 3.66. The minimum absolute atomic E-state index is 0.612. The van der Waals surface area contributed by atoms with E-state index in [0.717, 1.165) is 19.0 Å². The van der Waals surface area contributed by atoms with Crippen LogP contribution in [0.4, 0.5) is 5.95 Å². The Kier molecular flexibility index (Phi) is 4.24. The summed E-state index contributed by atoms with van der Waals surface area (Å²) in [5, 5.41) is 3.64. The van der Waals surface area contributed by atoms with Gasteiger partial charge in [-0.05, 0) is 26.4 Å². The van der Waals surface area contributed by atoms with E-state index in [9.17, 15) is 0 Å². The zero-order valence-electron chi connectivity index (χ0n) is 12.0. The van der Waals surface area contributed by atoms with Crippen LogP contribution in [0.25, 0.3) is 0 Å². The molecule has 0 spiro atoms. The number of nitrogens with zero attached hydrogens (tertiary/aromatic N) is 4. The molecule has 0 aliphatic carbocycles. The molecule has 1 atom stereocenters. The number of imidazole rings is 1. The van der Waals surface area contributed by atoms with Gasteiger partial charge in [-0.25, -0.2) is 4.98 Å². The van der Waals surface area contributed by atoms with Crippen molar-refractivity contribution in [2.75, 3.05) is 39.1 Å². The number of likely N-dealkylation sites (tertiary alicyclic amines) is 1. The van der Waals surface area contributed by atoms with Crippen molar-refractivity contribution in [2.45, 2.75) is 25.4 Å². The highest BCUT2D eigenvalue weighted by Gasteiger charge is 2.17. The van der Waals surface area contributed by atoms with Crippen LogP contribution in [0, 0.1) is 0 Å². The Hall–Kier alpha value is -1.07. The van der Waals surface area contributed by atoms with E-state index in [1.54, 1.807) is 0 Å². The summed E-state index contributed by atoms with van der Waals surface area (Å²) in [4.78, 5) is 8.87. The van der Waals surface area contributed by atoms with Crippen LogP contribution in [-0.4, -0.2) is 54.7 Å². The summed E-state index contributed by atoms with van der Waals surface area (Å²) < 4.78 is 2.15. The average molecular weight is 251 g/mol. The molecule has 0 amide bonds. The number of anilines is 1. The maximum atomic E-state index is 4.43. The highest BCUT2D eigenvalue weighted by atomic mass is 15.3. The number of aromatic nitrogens is 2. The van der Waals surface area contributed by atoms with Gasteiger partial charge in [0.2, 0.25) is 5.95 Å². The fourth-order valence-electron chi connectivity index (χ4n) is 2.60. The molecule has 1 fully saturated rings. The van der Waals surface area contributed by atoms with Gasteiger partial charge in [0, 0.05) is 40.3 Å². The van der Waals surface area contributed by atoms with E-state index in [1.165, 1.54) is 25.1 Å². The number of rotatable bonds is 4. The fourth-order valence-corrected chi connectivity index (χ4v) is 2.60. The normalized spacial score (nSPS) is 21.2. The van der Waals surface area contributed by atoms with E-state index >= 15 is 0 Å². The van der Waals surface area contributed by atoms with Crippen molar-refractivity contribution in [1.29, 1.82) is 0 Å². The third kappa shape index (κ3) is 3.03. The smallest absolute Gasteiger partial charge is 0.204 e. The van der Waals surface area contributed by atoms with Crippen LogP contribution in [0.15, 0.2) is 6.20 Å². The lowest BCUT2D eigenvalue weighted by molar-refractivity contribution is 0.226. The Morgan fingerprint density at radius 3 is 2.83 bits per heavy atom. The predicted molar refractivity (Wildman–Crippen MR) is 74.9 cm³/mol. The summed E-state index contributed by atoms with van der Waals surface area (Å²) in [6, 6.07) is 0.612. The minimum atomic E-state index is 0.612. The molecule has 1 aliphatic heterocycles. The van der Waals surface area contributed by atoms with Crippen molar-refractivity contribution >= 4 is 5.95 Å². The van der Waals surface area contributed by atoms with Gasteiger partial charge < -0.3 is 19.7 Å². The molecule has 0 aromatic carbocycles. The topological polar surface area (TPSA) is 36.3 Å². The second-order valence-electron chi connectivity index (χ2n) is 5.49. The number of hydrogen-bond donors (Lipinski definition) is 1. The standard InChI is InChI=1S/C13H25N5/c1-16(2)13-15-9-12(18(13)4)8-14-11-6-5-7-17(3)10-11/h9,11,14H,5-8,10H2,1-4H3. The van der Waals surface area contributed by atoms with Crippen LogP contribution in [0.2, 0.25) is 0 Å². The molecule has 1 N–H and O–H groups in total. The summed E-state index contributed by atoms with van der Waals surface area (Å²) in [7, 11) is 8.32. The van der Waals surface area contributed by atoms with E-state index in [4.69, 9.17) is 0 Å². The molecule has 102 valence electrons. The second kappa shape index (κ2) is 5.71. The summed E-state index contributed by atoms with van der Waals surface area (Å²) in [6.07, 6.45) is 4.54. The number of nitrogens with one attached hydrogen (secondary N) is 1. The monoisotopic (exact) mass is 251 g/mol. The average Bonchev–Trinajstić information content (AvgIpc) is 2.68. The largest absolute Gasteiger partial charge is 0.348 e. The molecular weight excluding hydrogens is 226 g/mol. The summed E-state index contributed by atoms with van der Waals surface area (Å²) in [5.41, 5.74) is 1.24. The molecule has 1 aromatic rings. The van der Waals surface area contributed by atoms with Crippen LogP contribution >= 0.6 is 0 Å². The molecule has 1 aromatic heterocycles. The molecule has 5 nitrogen and oxygen atoms in total. The highest BCUT2D eigenvalue weighted by Crippen LogP contribution is 2.12. The Morgan fingerprint density at radius 1 is 1.44 bits per heavy atom. The van der Waals surface area contributed by atoms with Crippen molar-refractivity contribution in [3.63, 3.8) is 0 Å². The van der Waals surface area contributed by atoms with E-state index in [-0.39, 0.29) is 0 Å². The van der Waals surface area contributed by atoms with Crippen LogP contribution in [0.1, 0.15) is 18.5 Å². The van der Waals surface area contributed by atoms with Gasteiger partial charge in [-0.1, -0.05) is 0 Å². The van der Waals surface area contributed by atoms with Crippen LogP contribution < -0.4 is 10.2 Å². The molecule has 0 radical (unpaired) electrons. The van der Waals surface area contributed by atoms with E-state index < -0.39 is 0 Å². The Balaban J connectivity index is 1.90. The molecule has 18 heavy (non-hydrogen) atoms. The second-order valence-corrected chi connectivity index (χ2v) is 5.49. The lowest BCUT2D eigenvalue weighted by Gasteiger charge is -2.30. The molecule has 5 heteroatoms. The third-order valence-corrected chi connectivity index (χ3v) is 3.66. The van der Waals surface area contributed by atoms with Crippen LogP contribution in [-0.2, 0) is 13.6 Å². The molecule has 2 rings (SSSR count). The first kappa shape index (κ1) is 13.4. The van der Waals surface area contributed by atoms with Gasteiger partial charge in [0.1, 0.15) is 0 Å². The van der Waals surface area contributed by atoms with Crippen LogP contribution in [0.3, 0.4) is 0 Å². The minimum Gasteiger partial charge on any atom is -0.348 e. The Labute approximate surface area is 110 Å². The van der Waals surface area contributed by atoms with Gasteiger partial charge in [-0.15, -0.1) is 0 Å². The van der Waals surface area contributed by atoms with Crippen molar-refractivity contribution in [3.8, 4) is 0 Å². The Bertz CT molecular complexity index is 385. The summed E-state index contributed by atoms with van der Waals surface area (Å²) >= 11 is 0. The fraction of sp³-hybridized carbons (Fsp3) is 0.769. The van der Waals surface area contributed by atoms with Gasteiger partial charge >= 0.3 is 0 Å². The molecule has 2 heterocycles. The summed E-state index contributed by atoms with van der Waals surface area (Å²) in [5.74, 6) is 1.01. The molecule has 1 unspecified atom stereocenters. The first-order chi connectivity index (χ1) is 8.58. The molecule has 1 saturated heterocycles. The zero-order chi connectivity index (χ0) is 13.1. The zero-order valence-corrected chi connectivity index (χ0v) is 12.0. The lowest BCUT2D eigenvalue weighted by Crippen LogP contribution is -2.43. The van der Waals surface area contributed by atoms with Gasteiger partial charge in [0.05, 0.1) is 11.9 Å². The van der Waals surface area contributed by atoms with Gasteiger partial charge in [-0.3, -0.25) is 0 Å². The predicted octanol–water partition coefficient (Wildman–Crippen LogP) is 0.670. The molecular formula is C13H25N5. The van der Waals surface area contributed by atoms with Crippen LogP contribution in [0.5, 0.6) is 0 Å².